The van der Waals surface area contributed by atoms with Crippen molar-refractivity contribution < 1.29 is 29.1 Å². The molecule has 0 aliphatic carbocycles. The van der Waals surface area contributed by atoms with Crippen LogP contribution in [0.3, 0.4) is 0 Å². The van der Waals surface area contributed by atoms with E-state index >= 15 is 0 Å². The van der Waals surface area contributed by atoms with E-state index < -0.39 is 14.6 Å². The van der Waals surface area contributed by atoms with Crippen LogP contribution in [0.4, 0.5) is 17.8 Å². The van der Waals surface area contributed by atoms with E-state index in [1.807, 2.05) is 0 Å². The molecule has 0 unspecified atom stereocenters. The van der Waals surface area contributed by atoms with Gasteiger partial charge in [0, 0.05) is 0 Å². The smallest absolute Gasteiger partial charge is 0.399 e. The summed E-state index contributed by atoms with van der Waals surface area (Å²) in [5.41, 5.74) is 4.43. The van der Waals surface area contributed by atoms with Crippen molar-refractivity contribution in [1.29, 1.82) is 0 Å². The second-order valence-electron chi connectivity index (χ2n) is 2.80. The topological polar surface area (TPSA) is 143 Å². The first-order valence-corrected chi connectivity index (χ1v) is 4.30. The molecule has 17 heavy (non-hydrogen) atoms. The Labute approximate surface area is 93.7 Å². The molecule has 0 fully saturated rings. The fraction of sp³-hybridized carbons (Fsp3) is 0. The molecular weight excluding hydrogens is 238 g/mol. The Hall–Kier alpha value is -1.70. The summed E-state index contributed by atoms with van der Waals surface area (Å²) in [5, 5.41) is 19.0. The molecule has 0 aromatic carbocycles. The third-order valence-electron chi connectivity index (χ3n) is 1.66. The number of aromatic nitrogens is 3. The first-order valence-electron chi connectivity index (χ1n) is 4.30. The van der Waals surface area contributed by atoms with Crippen LogP contribution in [0.25, 0.3) is 0 Å². The van der Waals surface area contributed by atoms with E-state index in [0.29, 0.717) is 5.23 Å². The van der Waals surface area contributed by atoms with E-state index in [0.717, 1.165) is 0 Å². The average Bonchev–Trinajstić information content (AvgIpc) is 2.31. The normalized spacial score (nSPS) is 18.8. The van der Waals surface area contributed by atoms with E-state index in [9.17, 15) is 10.0 Å². The molecule has 88 valence electrons. The molecule has 3 bridgehead atoms. The van der Waals surface area contributed by atoms with Crippen LogP contribution >= 0.6 is 0 Å². The maximum absolute atomic E-state index is 9.21. The fourth-order valence-electron chi connectivity index (χ4n) is 1.07. The lowest BCUT2D eigenvalue weighted by molar-refractivity contribution is -0.0165. The number of nitrogens with one attached hydrogen (secondary N) is 2. The first kappa shape index (κ1) is 10.5. The number of hydrogen-bond donors (Lipinski definition) is 4. The van der Waals surface area contributed by atoms with Crippen LogP contribution in [0, 0.1) is 0 Å². The number of hydrogen-bond acceptors (Lipinski definition) is 12. The highest BCUT2D eigenvalue weighted by molar-refractivity contribution is 6.36. The molecule has 4 N–H and O–H groups in total. The summed E-state index contributed by atoms with van der Waals surface area (Å²) in [4.78, 5) is 11.4. The lowest BCUT2D eigenvalue weighted by atomic mass is 10.3. The largest absolute Gasteiger partial charge is 0.684 e. The van der Waals surface area contributed by atoms with Gasteiger partial charge in [0.15, 0.2) is 0 Å². The summed E-state index contributed by atoms with van der Waals surface area (Å²) in [6.45, 7) is 0. The number of fused-ring (bicyclic) bond motifs is 2. The predicted molar refractivity (Wildman–Crippen MR) is 49.8 cm³/mol. The van der Waals surface area contributed by atoms with E-state index in [2.05, 4.69) is 35.4 Å². The Bertz CT molecular complexity index is 402. The van der Waals surface area contributed by atoms with Gasteiger partial charge in [-0.05, 0) is 0 Å². The molecule has 2 aliphatic rings. The molecule has 0 radical (unpaired) electrons. The monoisotopic (exact) mass is 242 g/mol. The molecule has 0 saturated heterocycles. The van der Waals surface area contributed by atoms with Crippen LogP contribution in [0.1, 0.15) is 0 Å². The van der Waals surface area contributed by atoms with Crippen molar-refractivity contribution in [2.75, 3.05) is 16.2 Å². The summed E-state index contributed by atoms with van der Waals surface area (Å²) < 4.78 is 18.5. The number of anilines is 3. The fourth-order valence-corrected chi connectivity index (χ4v) is 1.07. The quantitative estimate of drug-likeness (QED) is 0.349. The number of nitrogens with zero attached hydrogens (tertiary/aromatic N) is 4. The van der Waals surface area contributed by atoms with Gasteiger partial charge in [0.25, 0.3) is 17.8 Å². The van der Waals surface area contributed by atoms with Gasteiger partial charge in [-0.1, -0.05) is 0 Å². The van der Waals surface area contributed by atoms with Crippen LogP contribution < -0.4 is 16.2 Å². The third-order valence-corrected chi connectivity index (χ3v) is 1.66. The van der Waals surface area contributed by atoms with Gasteiger partial charge in [0.1, 0.15) is 0 Å². The molecule has 0 atom stereocenters. The zero-order chi connectivity index (χ0) is 11.8. The third kappa shape index (κ3) is 2.07. The molecule has 1 aromatic heterocycles. The summed E-state index contributed by atoms with van der Waals surface area (Å²) >= 11 is 0. The van der Waals surface area contributed by atoms with Crippen molar-refractivity contribution in [3.63, 3.8) is 0 Å². The summed E-state index contributed by atoms with van der Waals surface area (Å²) in [6, 6.07) is 0. The molecule has 12 nitrogen and oxygen atoms in total. The van der Waals surface area contributed by atoms with Gasteiger partial charge in [-0.15, -0.1) is 5.23 Å². The van der Waals surface area contributed by atoms with Crippen molar-refractivity contribution in [2.45, 2.75) is 0 Å². The van der Waals surface area contributed by atoms with Gasteiger partial charge >= 0.3 is 14.6 Å². The Morgan fingerprint density at radius 1 is 0.941 bits per heavy atom. The molecule has 3 rings (SSSR count). The van der Waals surface area contributed by atoms with Gasteiger partial charge in [0.2, 0.25) is 0 Å². The van der Waals surface area contributed by atoms with Crippen molar-refractivity contribution in [3.8, 4) is 0 Å². The van der Waals surface area contributed by atoms with Crippen LogP contribution in [-0.4, -0.2) is 39.6 Å². The Kier molecular flexibility index (Phi) is 2.43. The maximum atomic E-state index is 9.21. The van der Waals surface area contributed by atoms with Crippen LogP contribution in [0.2, 0.25) is 0 Å². The van der Waals surface area contributed by atoms with Crippen molar-refractivity contribution in [3.05, 3.63) is 0 Å². The van der Waals surface area contributed by atoms with Gasteiger partial charge in [0.05, 0.1) is 0 Å². The van der Waals surface area contributed by atoms with E-state index in [1.54, 1.807) is 0 Å². The summed E-state index contributed by atoms with van der Waals surface area (Å²) in [6.07, 6.45) is 0. The molecule has 1 aromatic rings. The Balaban J connectivity index is 2.03. The summed E-state index contributed by atoms with van der Waals surface area (Å²) in [7, 11) is -3.44. The lowest BCUT2D eigenvalue weighted by Gasteiger charge is -2.26. The zero-order valence-electron chi connectivity index (χ0n) is 7.97. The Morgan fingerprint density at radius 3 is 2.00 bits per heavy atom. The van der Waals surface area contributed by atoms with Gasteiger partial charge < -0.3 is 10.0 Å². The van der Waals surface area contributed by atoms with Gasteiger partial charge in [-0.2, -0.15) is 15.0 Å². The van der Waals surface area contributed by atoms with Crippen molar-refractivity contribution in [2.24, 2.45) is 0 Å². The van der Waals surface area contributed by atoms with E-state index in [4.69, 9.17) is 9.51 Å². The highest BCUT2D eigenvalue weighted by Gasteiger charge is 2.34. The molecule has 0 amide bonds. The second kappa shape index (κ2) is 3.95. The van der Waals surface area contributed by atoms with Crippen molar-refractivity contribution >= 4 is 32.5 Å². The van der Waals surface area contributed by atoms with Crippen LogP contribution in [0.5, 0.6) is 0 Å². The van der Waals surface area contributed by atoms with Crippen LogP contribution in [-0.2, 0) is 19.0 Å². The second-order valence-corrected chi connectivity index (χ2v) is 2.80. The minimum Gasteiger partial charge on any atom is -0.399 e. The number of rotatable bonds is 0. The average molecular weight is 242 g/mol. The zero-order valence-corrected chi connectivity index (χ0v) is 7.97. The minimum atomic E-state index is -1.72. The lowest BCUT2D eigenvalue weighted by Crippen LogP contribution is -2.45. The molecule has 2 aliphatic heterocycles. The maximum Gasteiger partial charge on any atom is 0.684 e. The SMILES string of the molecule is OB1ONc2nc3nc(n2)N(O1)OB(O)ON3. The first-order chi connectivity index (χ1) is 8.20. The molecule has 0 spiro atoms. The van der Waals surface area contributed by atoms with Crippen LogP contribution in [0.15, 0.2) is 0 Å². The molecule has 3 heterocycles. The van der Waals surface area contributed by atoms with E-state index in [1.165, 1.54) is 0 Å². The van der Waals surface area contributed by atoms with Crippen molar-refractivity contribution in [1.82, 2.24) is 15.0 Å². The van der Waals surface area contributed by atoms with E-state index in [-0.39, 0.29) is 17.8 Å². The predicted octanol–water partition coefficient (Wildman–Crippen LogP) is -2.79. The molecular formula is C3H4B2N6O6. The molecule has 0 saturated carbocycles. The molecule has 14 heteroatoms. The highest BCUT2D eigenvalue weighted by Crippen LogP contribution is 2.19. The van der Waals surface area contributed by atoms with Gasteiger partial charge in [-0.25, -0.2) is 20.5 Å². The Morgan fingerprint density at radius 2 is 1.47 bits per heavy atom. The highest BCUT2D eigenvalue weighted by atomic mass is 17.0. The van der Waals surface area contributed by atoms with Gasteiger partial charge in [-0.3, -0.25) is 9.51 Å². The summed E-state index contributed by atoms with van der Waals surface area (Å²) in [5.74, 6) is -0.170. The minimum absolute atomic E-state index is 0.0200. The standard InChI is InChI=1S/C3H4B2N6O6/c12-4-14-9-1-6-2-8-3(7-1)11(16-4)17-5(13)15-10-2/h12-13H,(H2,6,7,8,9,10).